The number of nitrogens with one attached hydrogen (secondary N) is 1. The number of hydrogen-bond acceptors (Lipinski definition) is 2. The Morgan fingerprint density at radius 3 is 2.08 bits per heavy atom. The van der Waals surface area contributed by atoms with Gasteiger partial charge in [-0.15, -0.1) is 0 Å². The molecule has 72 valence electrons. The van der Waals surface area contributed by atoms with Crippen LogP contribution in [0.2, 0.25) is 0 Å². The Bertz CT molecular complexity index is 300. The summed E-state index contributed by atoms with van der Waals surface area (Å²) in [6, 6.07) is 1.44. The molecule has 0 aromatic heterocycles. The summed E-state index contributed by atoms with van der Waals surface area (Å²) in [5.41, 5.74) is 2.37. The fourth-order valence-electron chi connectivity index (χ4n) is 1.26. The molecule has 0 saturated heterocycles. The Morgan fingerprint density at radius 2 is 1.69 bits per heavy atom. The van der Waals surface area contributed by atoms with Crippen molar-refractivity contribution in [1.82, 2.24) is 5.48 Å². The van der Waals surface area contributed by atoms with Crippen LogP contribution < -0.4 is 5.48 Å². The van der Waals surface area contributed by atoms with Crippen LogP contribution in [0, 0.1) is 25.5 Å². The van der Waals surface area contributed by atoms with Gasteiger partial charge in [-0.05, 0) is 25.0 Å². The van der Waals surface area contributed by atoms with Gasteiger partial charge in [0.15, 0.2) is 0 Å². The van der Waals surface area contributed by atoms with Gasteiger partial charge in [-0.25, -0.2) is 14.3 Å². The molecular weight excluding hydrogens is 176 g/mol. The van der Waals surface area contributed by atoms with Crippen molar-refractivity contribution in [2.75, 3.05) is 0 Å². The molecule has 0 aliphatic carbocycles. The van der Waals surface area contributed by atoms with Crippen molar-refractivity contribution in [2.24, 2.45) is 0 Å². The lowest BCUT2D eigenvalue weighted by Crippen LogP contribution is -2.11. The van der Waals surface area contributed by atoms with Crippen molar-refractivity contribution in [1.29, 1.82) is 0 Å². The molecule has 0 unspecified atom stereocenters. The van der Waals surface area contributed by atoms with Crippen molar-refractivity contribution in [3.8, 4) is 0 Å². The summed E-state index contributed by atoms with van der Waals surface area (Å²) in [4.78, 5) is 0. The second kappa shape index (κ2) is 3.81. The average molecular weight is 187 g/mol. The van der Waals surface area contributed by atoms with Gasteiger partial charge in [0.05, 0.1) is 6.54 Å². The zero-order valence-electron chi connectivity index (χ0n) is 7.49. The number of aryl methyl sites for hydroxylation is 2. The maximum absolute atomic E-state index is 13.2. The summed E-state index contributed by atoms with van der Waals surface area (Å²) in [5.74, 6) is -1.21. The fraction of sp³-hybridized carbons (Fsp3) is 0.333. The smallest absolute Gasteiger partial charge is 0.133 e. The summed E-state index contributed by atoms with van der Waals surface area (Å²) < 4.78 is 26.5. The van der Waals surface area contributed by atoms with Gasteiger partial charge in [0, 0.05) is 5.56 Å². The normalized spacial score (nSPS) is 10.5. The van der Waals surface area contributed by atoms with Gasteiger partial charge in [0.2, 0.25) is 0 Å². The SMILES string of the molecule is Cc1cc(C)c(F)c(CNO)c1F. The van der Waals surface area contributed by atoms with E-state index < -0.39 is 11.6 Å². The van der Waals surface area contributed by atoms with E-state index >= 15 is 0 Å². The van der Waals surface area contributed by atoms with E-state index in [9.17, 15) is 8.78 Å². The van der Waals surface area contributed by atoms with Crippen molar-refractivity contribution < 1.29 is 14.0 Å². The van der Waals surface area contributed by atoms with Crippen LogP contribution in [0.3, 0.4) is 0 Å². The van der Waals surface area contributed by atoms with Crippen LogP contribution in [-0.2, 0) is 6.54 Å². The van der Waals surface area contributed by atoms with Gasteiger partial charge < -0.3 is 5.21 Å². The molecule has 0 bridgehead atoms. The fourth-order valence-corrected chi connectivity index (χ4v) is 1.26. The van der Waals surface area contributed by atoms with Crippen LogP contribution >= 0.6 is 0 Å². The molecule has 13 heavy (non-hydrogen) atoms. The molecule has 4 heteroatoms. The molecule has 0 aliphatic heterocycles. The summed E-state index contributed by atoms with van der Waals surface area (Å²) in [7, 11) is 0. The number of hydroxylamine groups is 1. The van der Waals surface area contributed by atoms with E-state index in [0.717, 1.165) is 0 Å². The third-order valence-corrected chi connectivity index (χ3v) is 1.91. The zero-order chi connectivity index (χ0) is 10.0. The quantitative estimate of drug-likeness (QED) is 0.694. The lowest BCUT2D eigenvalue weighted by Gasteiger charge is -2.08. The van der Waals surface area contributed by atoms with E-state index in [-0.39, 0.29) is 12.1 Å². The van der Waals surface area contributed by atoms with E-state index in [2.05, 4.69) is 0 Å². The van der Waals surface area contributed by atoms with Crippen LogP contribution in [0.5, 0.6) is 0 Å². The minimum absolute atomic E-state index is 0.125. The van der Waals surface area contributed by atoms with Gasteiger partial charge in [-0.2, -0.15) is 0 Å². The molecule has 1 rings (SSSR count). The Hall–Kier alpha value is -1.00. The molecule has 0 saturated carbocycles. The highest BCUT2D eigenvalue weighted by atomic mass is 19.1. The van der Waals surface area contributed by atoms with E-state index in [1.807, 2.05) is 0 Å². The summed E-state index contributed by atoms with van der Waals surface area (Å²) in [6.45, 7) is 2.89. The van der Waals surface area contributed by atoms with Gasteiger partial charge in [-0.1, -0.05) is 6.07 Å². The Morgan fingerprint density at radius 1 is 1.23 bits per heavy atom. The van der Waals surface area contributed by atoms with Crippen molar-refractivity contribution in [3.63, 3.8) is 0 Å². The van der Waals surface area contributed by atoms with Crippen LogP contribution in [0.1, 0.15) is 16.7 Å². The number of benzene rings is 1. The second-order valence-corrected chi connectivity index (χ2v) is 2.95. The first-order valence-corrected chi connectivity index (χ1v) is 3.89. The highest BCUT2D eigenvalue weighted by molar-refractivity contribution is 5.32. The molecule has 0 heterocycles. The monoisotopic (exact) mass is 187 g/mol. The molecule has 0 radical (unpaired) electrons. The van der Waals surface area contributed by atoms with Crippen molar-refractivity contribution in [3.05, 3.63) is 34.4 Å². The molecule has 0 fully saturated rings. The summed E-state index contributed by atoms with van der Waals surface area (Å²) in [5, 5.41) is 8.37. The zero-order valence-corrected chi connectivity index (χ0v) is 7.49. The van der Waals surface area contributed by atoms with Gasteiger partial charge >= 0.3 is 0 Å². The van der Waals surface area contributed by atoms with Crippen LogP contribution in [-0.4, -0.2) is 5.21 Å². The van der Waals surface area contributed by atoms with Crippen LogP contribution in [0.15, 0.2) is 6.07 Å². The largest absolute Gasteiger partial charge is 0.316 e. The van der Waals surface area contributed by atoms with Crippen molar-refractivity contribution >= 4 is 0 Å². The standard InChI is InChI=1S/C9H11F2NO/c1-5-3-6(2)9(11)7(4-12-13)8(5)10/h3,12-13H,4H2,1-2H3. The number of rotatable bonds is 2. The first kappa shape index (κ1) is 10.1. The number of halogens is 2. The molecule has 0 spiro atoms. The highest BCUT2D eigenvalue weighted by Gasteiger charge is 2.13. The van der Waals surface area contributed by atoms with Crippen LogP contribution in [0.4, 0.5) is 8.78 Å². The lowest BCUT2D eigenvalue weighted by atomic mass is 10.1. The Labute approximate surface area is 75.2 Å². The maximum atomic E-state index is 13.2. The summed E-state index contributed by atoms with van der Waals surface area (Å²) >= 11 is 0. The average Bonchev–Trinajstić information content (AvgIpc) is 2.09. The molecule has 0 amide bonds. The minimum atomic E-state index is -0.607. The molecular formula is C9H11F2NO. The highest BCUT2D eigenvalue weighted by Crippen LogP contribution is 2.19. The van der Waals surface area contributed by atoms with E-state index in [4.69, 9.17) is 5.21 Å². The topological polar surface area (TPSA) is 32.3 Å². The van der Waals surface area contributed by atoms with Gasteiger partial charge in [0.1, 0.15) is 11.6 Å². The maximum Gasteiger partial charge on any atom is 0.133 e. The second-order valence-electron chi connectivity index (χ2n) is 2.95. The molecule has 2 N–H and O–H groups in total. The van der Waals surface area contributed by atoms with E-state index in [1.165, 1.54) is 6.07 Å². The predicted molar refractivity (Wildman–Crippen MR) is 44.5 cm³/mol. The van der Waals surface area contributed by atoms with Gasteiger partial charge in [-0.3, -0.25) is 0 Å². The molecule has 0 atom stereocenters. The minimum Gasteiger partial charge on any atom is -0.316 e. The number of hydrogen-bond donors (Lipinski definition) is 2. The van der Waals surface area contributed by atoms with Crippen LogP contribution in [0.25, 0.3) is 0 Å². The van der Waals surface area contributed by atoms with E-state index in [0.29, 0.717) is 11.1 Å². The lowest BCUT2D eigenvalue weighted by molar-refractivity contribution is 0.158. The third kappa shape index (κ3) is 1.84. The summed E-state index contributed by atoms with van der Waals surface area (Å²) in [6.07, 6.45) is 0. The first-order valence-electron chi connectivity index (χ1n) is 3.89. The Kier molecular flexibility index (Phi) is 2.95. The van der Waals surface area contributed by atoms with Gasteiger partial charge in [0.25, 0.3) is 0 Å². The van der Waals surface area contributed by atoms with Crippen molar-refractivity contribution in [2.45, 2.75) is 20.4 Å². The third-order valence-electron chi connectivity index (χ3n) is 1.91. The molecule has 2 nitrogen and oxygen atoms in total. The predicted octanol–water partition coefficient (Wildman–Crippen LogP) is 2.06. The first-order chi connectivity index (χ1) is 6.07. The molecule has 1 aromatic carbocycles. The van der Waals surface area contributed by atoms with E-state index in [1.54, 1.807) is 19.3 Å². The Balaban J connectivity index is 3.28. The molecule has 1 aromatic rings. The molecule has 0 aliphatic rings.